The molecule has 0 atom stereocenters. The summed E-state index contributed by atoms with van der Waals surface area (Å²) < 4.78 is 0. The topological polar surface area (TPSA) is 88.0 Å². The van der Waals surface area contributed by atoms with E-state index in [1.165, 1.54) is 12.3 Å². The monoisotopic (exact) mass is 381 g/mol. The van der Waals surface area contributed by atoms with E-state index in [1.807, 2.05) is 6.92 Å². The lowest BCUT2D eigenvalue weighted by molar-refractivity contribution is -0.384. The third-order valence-corrected chi connectivity index (χ3v) is 4.84. The van der Waals surface area contributed by atoms with Gasteiger partial charge in [0.15, 0.2) is 0 Å². The van der Waals surface area contributed by atoms with Crippen molar-refractivity contribution < 1.29 is 9.72 Å². The number of nitrogens with zero attached hydrogens (tertiary/aromatic N) is 1. The van der Waals surface area contributed by atoms with Crippen LogP contribution in [-0.2, 0) is 0 Å². The van der Waals surface area contributed by atoms with Gasteiger partial charge in [-0.15, -0.1) is 0 Å². The van der Waals surface area contributed by atoms with Crippen LogP contribution in [-0.4, -0.2) is 32.0 Å². The molecule has 0 unspecified atom stereocenters. The van der Waals surface area contributed by atoms with E-state index in [9.17, 15) is 14.9 Å². The Morgan fingerprint density at radius 2 is 2.17 bits per heavy atom. The first-order chi connectivity index (χ1) is 8.48. The van der Waals surface area contributed by atoms with Crippen LogP contribution in [0.25, 0.3) is 0 Å². The van der Waals surface area contributed by atoms with Crippen molar-refractivity contribution in [2.24, 2.45) is 0 Å². The van der Waals surface area contributed by atoms with Gasteiger partial charge < -0.3 is 10.3 Å². The number of alkyl halides is 2. The number of amides is 1. The number of hydrogen-bond donors (Lipinski definition) is 2. The van der Waals surface area contributed by atoms with Crippen LogP contribution in [0.3, 0.4) is 0 Å². The summed E-state index contributed by atoms with van der Waals surface area (Å²) in [7, 11) is 0. The molecule has 0 aromatic carbocycles. The predicted octanol–water partition coefficient (Wildman–Crippen LogP) is 2.59. The number of H-pyrrole nitrogens is 1. The molecule has 0 saturated carbocycles. The standard InChI is InChI=1S/C10H13Br2N3O3/c1-2-10(5-11,6-12)14-9(16)8-3-7(4-13-8)15(17)18/h3-4,13H,2,5-6H2,1H3,(H,14,16). The third kappa shape index (κ3) is 3.32. The van der Waals surface area contributed by atoms with Crippen LogP contribution in [0.2, 0.25) is 0 Å². The molecule has 0 radical (unpaired) electrons. The second kappa shape index (κ2) is 6.33. The minimum atomic E-state index is -0.546. The van der Waals surface area contributed by atoms with Gasteiger partial charge in [0.2, 0.25) is 0 Å². The molecule has 1 rings (SSSR count). The fraction of sp³-hybridized carbons (Fsp3) is 0.500. The summed E-state index contributed by atoms with van der Waals surface area (Å²) in [6, 6.07) is 1.22. The maximum absolute atomic E-state index is 12.0. The van der Waals surface area contributed by atoms with Gasteiger partial charge in [-0.05, 0) is 6.42 Å². The van der Waals surface area contributed by atoms with Gasteiger partial charge in [0, 0.05) is 16.7 Å². The van der Waals surface area contributed by atoms with Gasteiger partial charge in [-0.2, -0.15) is 0 Å². The van der Waals surface area contributed by atoms with Crippen LogP contribution in [0.5, 0.6) is 0 Å². The van der Waals surface area contributed by atoms with E-state index in [0.29, 0.717) is 10.7 Å². The molecule has 8 heteroatoms. The van der Waals surface area contributed by atoms with Gasteiger partial charge in [0.05, 0.1) is 16.7 Å². The highest BCUT2D eigenvalue weighted by atomic mass is 79.9. The van der Waals surface area contributed by atoms with Crippen molar-refractivity contribution in [1.82, 2.24) is 10.3 Å². The first kappa shape index (κ1) is 15.2. The lowest BCUT2D eigenvalue weighted by atomic mass is 10.0. The normalized spacial score (nSPS) is 11.3. The summed E-state index contributed by atoms with van der Waals surface area (Å²) in [6.45, 7) is 1.96. The van der Waals surface area contributed by atoms with Crippen molar-refractivity contribution in [2.75, 3.05) is 10.7 Å². The van der Waals surface area contributed by atoms with E-state index in [-0.39, 0.29) is 17.3 Å². The Morgan fingerprint density at radius 1 is 1.56 bits per heavy atom. The summed E-state index contributed by atoms with van der Waals surface area (Å²) in [5.41, 5.74) is -0.349. The number of halogens is 2. The van der Waals surface area contributed by atoms with E-state index in [2.05, 4.69) is 42.2 Å². The number of aromatic amines is 1. The summed E-state index contributed by atoms with van der Waals surface area (Å²) in [6.07, 6.45) is 1.93. The number of nitrogens with one attached hydrogen (secondary N) is 2. The minimum Gasteiger partial charge on any atom is -0.351 e. The maximum Gasteiger partial charge on any atom is 0.287 e. The van der Waals surface area contributed by atoms with Gasteiger partial charge in [-0.25, -0.2) is 0 Å². The highest BCUT2D eigenvalue weighted by Crippen LogP contribution is 2.19. The van der Waals surface area contributed by atoms with Crippen molar-refractivity contribution >= 4 is 43.5 Å². The summed E-state index contributed by atoms with van der Waals surface area (Å²) in [5, 5.41) is 14.6. The lowest BCUT2D eigenvalue weighted by Gasteiger charge is -2.29. The number of nitro groups is 1. The number of carbonyl (C=O) groups excluding carboxylic acids is 1. The van der Waals surface area contributed by atoms with Crippen LogP contribution in [0.4, 0.5) is 5.69 Å². The summed E-state index contributed by atoms with van der Waals surface area (Å²) in [5.74, 6) is -0.358. The highest BCUT2D eigenvalue weighted by Gasteiger charge is 2.29. The van der Waals surface area contributed by atoms with Gasteiger partial charge in [0.25, 0.3) is 11.6 Å². The van der Waals surface area contributed by atoms with Crippen LogP contribution < -0.4 is 5.32 Å². The molecule has 0 saturated heterocycles. The average Bonchev–Trinajstić information content (AvgIpc) is 2.86. The quantitative estimate of drug-likeness (QED) is 0.450. The molecule has 1 aromatic heterocycles. The molecule has 0 bridgehead atoms. The van der Waals surface area contributed by atoms with Crippen LogP contribution in [0, 0.1) is 10.1 Å². The largest absolute Gasteiger partial charge is 0.351 e. The van der Waals surface area contributed by atoms with E-state index in [4.69, 9.17) is 0 Å². The van der Waals surface area contributed by atoms with Crippen molar-refractivity contribution in [3.8, 4) is 0 Å². The van der Waals surface area contributed by atoms with Gasteiger partial charge in [-0.3, -0.25) is 14.9 Å². The molecule has 1 aromatic rings. The zero-order valence-electron chi connectivity index (χ0n) is 9.70. The molecule has 1 heterocycles. The Kier molecular flexibility index (Phi) is 5.33. The van der Waals surface area contributed by atoms with E-state index >= 15 is 0 Å². The molecule has 100 valence electrons. The SMILES string of the molecule is CCC(CBr)(CBr)NC(=O)c1cc([N+](=O)[O-])c[nH]1. The molecule has 2 N–H and O–H groups in total. The Hall–Kier alpha value is -0.890. The number of aromatic nitrogens is 1. The Labute approximate surface area is 121 Å². The third-order valence-electron chi connectivity index (χ3n) is 2.69. The zero-order valence-corrected chi connectivity index (χ0v) is 12.9. The molecule has 0 aliphatic heterocycles. The first-order valence-electron chi connectivity index (χ1n) is 5.25. The lowest BCUT2D eigenvalue weighted by Crippen LogP contribution is -2.51. The Bertz CT molecular complexity index is 435. The van der Waals surface area contributed by atoms with Crippen molar-refractivity contribution in [2.45, 2.75) is 18.9 Å². The fourth-order valence-corrected chi connectivity index (χ4v) is 3.31. The van der Waals surface area contributed by atoms with Crippen molar-refractivity contribution in [1.29, 1.82) is 0 Å². The highest BCUT2D eigenvalue weighted by molar-refractivity contribution is 9.09. The van der Waals surface area contributed by atoms with Crippen LogP contribution in [0.15, 0.2) is 12.3 Å². The molecule has 0 aliphatic rings. The number of hydrogen-bond acceptors (Lipinski definition) is 3. The van der Waals surface area contributed by atoms with Crippen molar-refractivity contribution in [3.63, 3.8) is 0 Å². The summed E-state index contributed by atoms with van der Waals surface area (Å²) in [4.78, 5) is 24.5. The first-order valence-corrected chi connectivity index (χ1v) is 7.49. The van der Waals surface area contributed by atoms with E-state index in [1.54, 1.807) is 0 Å². The Balaban J connectivity index is 2.84. The van der Waals surface area contributed by atoms with Gasteiger partial charge >= 0.3 is 0 Å². The smallest absolute Gasteiger partial charge is 0.287 e. The van der Waals surface area contributed by atoms with Gasteiger partial charge in [-0.1, -0.05) is 38.8 Å². The van der Waals surface area contributed by atoms with Crippen LogP contribution in [0.1, 0.15) is 23.8 Å². The molecule has 0 spiro atoms. The number of rotatable bonds is 6. The molecular formula is C10H13Br2N3O3. The number of carbonyl (C=O) groups is 1. The molecule has 6 nitrogen and oxygen atoms in total. The van der Waals surface area contributed by atoms with Gasteiger partial charge in [0.1, 0.15) is 5.69 Å². The molecule has 0 fully saturated rings. The van der Waals surface area contributed by atoms with E-state index < -0.39 is 10.5 Å². The summed E-state index contributed by atoms with van der Waals surface area (Å²) >= 11 is 6.72. The second-order valence-electron chi connectivity index (χ2n) is 3.88. The molecule has 18 heavy (non-hydrogen) atoms. The zero-order chi connectivity index (χ0) is 13.8. The average molecular weight is 383 g/mol. The van der Waals surface area contributed by atoms with E-state index in [0.717, 1.165) is 6.42 Å². The molecule has 0 aliphatic carbocycles. The van der Waals surface area contributed by atoms with Crippen LogP contribution >= 0.6 is 31.9 Å². The molecular weight excluding hydrogens is 370 g/mol. The Morgan fingerprint density at radius 3 is 2.56 bits per heavy atom. The predicted molar refractivity (Wildman–Crippen MR) is 75.5 cm³/mol. The minimum absolute atomic E-state index is 0.125. The maximum atomic E-state index is 12.0. The second-order valence-corrected chi connectivity index (χ2v) is 5.01. The fourth-order valence-electron chi connectivity index (χ4n) is 1.31. The van der Waals surface area contributed by atoms with Crippen molar-refractivity contribution in [3.05, 3.63) is 28.1 Å². The molecule has 1 amide bonds.